The predicted octanol–water partition coefficient (Wildman–Crippen LogP) is 4.39. The molecule has 8 heteroatoms. The third-order valence-corrected chi connectivity index (χ3v) is 6.65. The summed E-state index contributed by atoms with van der Waals surface area (Å²) in [5.41, 5.74) is 3.32. The lowest BCUT2D eigenvalue weighted by Gasteiger charge is -2.31. The van der Waals surface area contributed by atoms with Gasteiger partial charge < -0.3 is 14.4 Å². The molecule has 0 bridgehead atoms. The molecule has 0 radical (unpaired) electrons. The van der Waals surface area contributed by atoms with Crippen LogP contribution in [-0.2, 0) is 7.05 Å². The van der Waals surface area contributed by atoms with Crippen molar-refractivity contribution >= 4 is 27.5 Å². The summed E-state index contributed by atoms with van der Waals surface area (Å²) in [5.74, 6) is 0.817. The molecule has 7 nitrogen and oxygen atoms in total. The van der Waals surface area contributed by atoms with Crippen molar-refractivity contribution in [2.75, 3.05) is 20.2 Å². The number of ether oxygens (including phenoxy) is 2. The van der Waals surface area contributed by atoms with Crippen molar-refractivity contribution in [2.45, 2.75) is 18.9 Å². The maximum absolute atomic E-state index is 13.1. The van der Waals surface area contributed by atoms with E-state index >= 15 is 0 Å². The lowest BCUT2D eigenvalue weighted by atomic mass is 10.1. The molecule has 2 aromatic heterocycles. The van der Waals surface area contributed by atoms with Gasteiger partial charge in [-0.05, 0) is 24.3 Å². The second-order valence-electron chi connectivity index (χ2n) is 7.83. The lowest BCUT2D eigenvalue weighted by molar-refractivity contribution is 0.0585. The molecule has 32 heavy (non-hydrogen) atoms. The fourth-order valence-corrected chi connectivity index (χ4v) is 4.87. The van der Waals surface area contributed by atoms with Gasteiger partial charge in [-0.2, -0.15) is 5.10 Å². The van der Waals surface area contributed by atoms with Crippen molar-refractivity contribution in [1.82, 2.24) is 19.7 Å². The summed E-state index contributed by atoms with van der Waals surface area (Å²) < 4.78 is 14.1. The molecule has 1 amide bonds. The van der Waals surface area contributed by atoms with E-state index in [2.05, 4.69) is 10.1 Å². The average Bonchev–Trinajstić information content (AvgIpc) is 3.41. The molecule has 3 heterocycles. The first-order valence-electron chi connectivity index (χ1n) is 10.6. The average molecular weight is 449 g/mol. The smallest absolute Gasteiger partial charge is 0.274 e. The van der Waals surface area contributed by atoms with Gasteiger partial charge in [0.05, 0.1) is 23.0 Å². The molecular formula is C24H24N4O3S. The largest absolute Gasteiger partial charge is 0.497 e. The molecule has 5 rings (SSSR count). The van der Waals surface area contributed by atoms with Crippen molar-refractivity contribution in [3.63, 3.8) is 0 Å². The van der Waals surface area contributed by atoms with E-state index in [4.69, 9.17) is 9.47 Å². The van der Waals surface area contributed by atoms with Gasteiger partial charge in [-0.25, -0.2) is 4.98 Å². The van der Waals surface area contributed by atoms with Crippen LogP contribution in [0.3, 0.4) is 0 Å². The maximum Gasteiger partial charge on any atom is 0.274 e. The molecule has 0 saturated carbocycles. The summed E-state index contributed by atoms with van der Waals surface area (Å²) in [7, 11) is 3.47. The second kappa shape index (κ2) is 8.63. The van der Waals surface area contributed by atoms with Gasteiger partial charge in [0.15, 0.2) is 0 Å². The van der Waals surface area contributed by atoms with Crippen molar-refractivity contribution in [3.8, 4) is 22.2 Å². The number of hydrogen-bond acceptors (Lipinski definition) is 6. The van der Waals surface area contributed by atoms with Gasteiger partial charge >= 0.3 is 0 Å². The highest BCUT2D eigenvalue weighted by atomic mass is 32.1. The van der Waals surface area contributed by atoms with E-state index in [-0.39, 0.29) is 12.0 Å². The van der Waals surface area contributed by atoms with E-state index in [1.807, 2.05) is 66.5 Å². The fraction of sp³-hybridized carbons (Fsp3) is 0.292. The molecule has 1 fully saturated rings. The lowest BCUT2D eigenvalue weighted by Crippen LogP contribution is -2.42. The van der Waals surface area contributed by atoms with Gasteiger partial charge in [0.2, 0.25) is 0 Å². The molecule has 0 aliphatic carbocycles. The second-order valence-corrected chi connectivity index (χ2v) is 8.82. The van der Waals surface area contributed by atoms with Gasteiger partial charge in [-0.1, -0.05) is 41.7 Å². The Hall–Kier alpha value is -3.39. The molecule has 4 aromatic rings. The molecule has 1 aliphatic rings. The molecule has 1 aliphatic heterocycles. The Bertz CT molecular complexity index is 1240. The molecule has 1 saturated heterocycles. The summed E-state index contributed by atoms with van der Waals surface area (Å²) in [4.78, 5) is 19.6. The van der Waals surface area contributed by atoms with Crippen LogP contribution in [-0.4, -0.2) is 51.9 Å². The van der Waals surface area contributed by atoms with Crippen LogP contribution < -0.4 is 9.47 Å². The monoisotopic (exact) mass is 448 g/mol. The van der Waals surface area contributed by atoms with Gasteiger partial charge in [0.25, 0.3) is 11.1 Å². The van der Waals surface area contributed by atoms with E-state index in [1.54, 1.807) is 11.8 Å². The number of piperidine rings is 1. The molecule has 0 spiro atoms. The highest BCUT2D eigenvalue weighted by Crippen LogP contribution is 2.32. The van der Waals surface area contributed by atoms with E-state index in [1.165, 1.54) is 11.3 Å². The van der Waals surface area contributed by atoms with Gasteiger partial charge in [-0.15, -0.1) is 0 Å². The number of rotatable bonds is 5. The Labute approximate surface area is 190 Å². The highest BCUT2D eigenvalue weighted by Gasteiger charge is 2.27. The van der Waals surface area contributed by atoms with Crippen molar-refractivity contribution in [3.05, 3.63) is 60.3 Å². The first-order chi connectivity index (χ1) is 15.6. The molecule has 0 atom stereocenters. The molecule has 2 aromatic carbocycles. The van der Waals surface area contributed by atoms with Gasteiger partial charge in [0.1, 0.15) is 17.5 Å². The van der Waals surface area contributed by atoms with Crippen LogP contribution >= 0.6 is 11.3 Å². The summed E-state index contributed by atoms with van der Waals surface area (Å²) in [6.45, 7) is 1.29. The summed E-state index contributed by atoms with van der Waals surface area (Å²) >= 11 is 1.52. The van der Waals surface area contributed by atoms with E-state index in [0.29, 0.717) is 24.0 Å². The number of hydrogen-bond donors (Lipinski definition) is 0. The van der Waals surface area contributed by atoms with E-state index in [9.17, 15) is 4.79 Å². The zero-order chi connectivity index (χ0) is 22.1. The number of aryl methyl sites for hydroxylation is 1. The Morgan fingerprint density at radius 1 is 1.09 bits per heavy atom. The third-order valence-electron chi connectivity index (χ3n) is 5.74. The minimum atomic E-state index is 0.00714. The summed E-state index contributed by atoms with van der Waals surface area (Å²) in [5, 5.41) is 5.19. The third kappa shape index (κ3) is 4.05. The topological polar surface area (TPSA) is 69.5 Å². The number of carbonyl (C=O) groups excluding carboxylic acids is 1. The first kappa shape index (κ1) is 20.5. The number of fused-ring (bicyclic) bond motifs is 1. The normalized spacial score (nSPS) is 14.6. The molecular weight excluding hydrogens is 424 g/mol. The van der Waals surface area contributed by atoms with Crippen LogP contribution in [0.4, 0.5) is 0 Å². The number of aromatic nitrogens is 3. The van der Waals surface area contributed by atoms with Crippen molar-refractivity contribution in [1.29, 1.82) is 0 Å². The SMILES string of the molecule is COc1ccc2nc(OC3CCN(C(=O)c4cc(-c5ccccc5)nn4C)CC3)sc2c1. The number of amides is 1. The highest BCUT2D eigenvalue weighted by molar-refractivity contribution is 7.20. The first-order valence-corrected chi connectivity index (χ1v) is 11.4. The predicted molar refractivity (Wildman–Crippen MR) is 124 cm³/mol. The van der Waals surface area contributed by atoms with Crippen molar-refractivity contribution in [2.24, 2.45) is 7.05 Å². The van der Waals surface area contributed by atoms with E-state index in [0.717, 1.165) is 40.1 Å². The van der Waals surface area contributed by atoms with E-state index < -0.39 is 0 Å². The van der Waals surface area contributed by atoms with Crippen LogP contribution in [0.2, 0.25) is 0 Å². The molecule has 0 N–H and O–H groups in total. The van der Waals surface area contributed by atoms with Crippen LogP contribution in [0.15, 0.2) is 54.6 Å². The zero-order valence-electron chi connectivity index (χ0n) is 18.0. The Morgan fingerprint density at radius 2 is 1.88 bits per heavy atom. The fourth-order valence-electron chi connectivity index (χ4n) is 3.96. The van der Waals surface area contributed by atoms with Crippen LogP contribution in [0, 0.1) is 0 Å². The van der Waals surface area contributed by atoms with Crippen LogP contribution in [0.5, 0.6) is 10.9 Å². The Kier molecular flexibility index (Phi) is 5.53. The number of methoxy groups -OCH3 is 1. The van der Waals surface area contributed by atoms with Crippen LogP contribution in [0.25, 0.3) is 21.5 Å². The van der Waals surface area contributed by atoms with Gasteiger partial charge in [-0.3, -0.25) is 9.48 Å². The maximum atomic E-state index is 13.1. The number of likely N-dealkylation sites (tertiary alicyclic amines) is 1. The number of carbonyl (C=O) groups is 1. The quantitative estimate of drug-likeness (QED) is 0.453. The minimum absolute atomic E-state index is 0.00714. The Morgan fingerprint density at radius 3 is 2.62 bits per heavy atom. The van der Waals surface area contributed by atoms with Crippen LogP contribution in [0.1, 0.15) is 23.3 Å². The number of benzene rings is 2. The number of nitrogens with zero attached hydrogens (tertiary/aromatic N) is 4. The van der Waals surface area contributed by atoms with Crippen molar-refractivity contribution < 1.29 is 14.3 Å². The molecule has 164 valence electrons. The summed E-state index contributed by atoms with van der Waals surface area (Å²) in [6.07, 6.45) is 1.59. The summed E-state index contributed by atoms with van der Waals surface area (Å²) in [6, 6.07) is 17.6. The zero-order valence-corrected chi connectivity index (χ0v) is 18.8. The standard InChI is InChI=1S/C24H24N4O3S/c1-27-21(15-20(26-27)16-6-4-3-5-7-16)23(29)28-12-10-17(11-13-28)31-24-25-19-9-8-18(30-2)14-22(19)32-24/h3-9,14-15,17H,10-13H2,1-2H3. The number of thiazole rings is 1. The molecule has 0 unspecified atom stereocenters. The van der Waals surface area contributed by atoms with Gasteiger partial charge in [0, 0.05) is 38.5 Å². The Balaban J connectivity index is 1.22. The minimum Gasteiger partial charge on any atom is -0.497 e.